The number of rotatable bonds is 6. The fraction of sp³-hybridized carbons (Fsp3) is 0.471. The first-order valence-electron chi connectivity index (χ1n) is 7.77. The van der Waals surface area contributed by atoms with E-state index in [1.54, 1.807) is 23.5 Å². The topological polar surface area (TPSA) is 28.2 Å². The molecule has 0 radical (unpaired) electrons. The van der Waals surface area contributed by atoms with Crippen molar-refractivity contribution < 1.29 is 4.39 Å². The molecule has 0 aliphatic carbocycles. The van der Waals surface area contributed by atoms with Crippen molar-refractivity contribution in [3.8, 4) is 0 Å². The van der Waals surface area contributed by atoms with E-state index in [0.29, 0.717) is 5.92 Å². The molecule has 1 aliphatic rings. The molecule has 1 N–H and O–H groups in total. The summed E-state index contributed by atoms with van der Waals surface area (Å²) in [6.45, 7) is 6.97. The second kappa shape index (κ2) is 8.73. The molecular formula is C17H23ClFN3S. The minimum Gasteiger partial charge on any atom is -0.316 e. The van der Waals surface area contributed by atoms with E-state index in [0.717, 1.165) is 44.0 Å². The lowest BCUT2D eigenvalue weighted by molar-refractivity contribution is 0.222. The maximum Gasteiger partial charge on any atom is 0.123 e. The van der Waals surface area contributed by atoms with Gasteiger partial charge in [0.2, 0.25) is 0 Å². The average molecular weight is 356 g/mol. The lowest BCUT2D eigenvalue weighted by Crippen LogP contribution is -2.30. The quantitative estimate of drug-likeness (QED) is 0.857. The molecule has 0 amide bonds. The van der Waals surface area contributed by atoms with Gasteiger partial charge in [-0.3, -0.25) is 4.90 Å². The molecule has 1 unspecified atom stereocenters. The Bertz CT molecular complexity index is 613. The molecule has 1 saturated heterocycles. The number of hydrogen-bond donors (Lipinski definition) is 1. The maximum absolute atomic E-state index is 13.4. The van der Waals surface area contributed by atoms with Crippen molar-refractivity contribution in [2.45, 2.75) is 26.4 Å². The Morgan fingerprint density at radius 2 is 2.26 bits per heavy atom. The van der Waals surface area contributed by atoms with Crippen LogP contribution in [0, 0.1) is 18.7 Å². The summed E-state index contributed by atoms with van der Waals surface area (Å²) in [5, 5.41) is 3.42. The zero-order chi connectivity index (χ0) is 15.4. The second-order valence-electron chi connectivity index (χ2n) is 6.02. The van der Waals surface area contributed by atoms with Crippen LogP contribution in [-0.2, 0) is 13.1 Å². The van der Waals surface area contributed by atoms with Crippen LogP contribution in [0.2, 0.25) is 0 Å². The lowest BCUT2D eigenvalue weighted by Gasteiger charge is -2.25. The van der Waals surface area contributed by atoms with Crippen LogP contribution >= 0.6 is 23.7 Å². The highest BCUT2D eigenvalue weighted by Gasteiger charge is 2.19. The summed E-state index contributed by atoms with van der Waals surface area (Å²) in [6.07, 6.45) is 1.22. The monoisotopic (exact) mass is 355 g/mol. The van der Waals surface area contributed by atoms with Crippen LogP contribution in [0.4, 0.5) is 4.39 Å². The van der Waals surface area contributed by atoms with Crippen molar-refractivity contribution in [3.05, 3.63) is 51.7 Å². The summed E-state index contributed by atoms with van der Waals surface area (Å²) in [5.41, 5.74) is 4.05. The molecule has 0 spiro atoms. The molecule has 6 heteroatoms. The van der Waals surface area contributed by atoms with E-state index in [4.69, 9.17) is 0 Å². The van der Waals surface area contributed by atoms with E-state index < -0.39 is 0 Å². The number of hydrogen-bond acceptors (Lipinski definition) is 4. The molecule has 1 fully saturated rings. The molecule has 1 aliphatic heterocycles. The Hall–Kier alpha value is -1.01. The predicted octanol–water partition coefficient (Wildman–Crippen LogP) is 3.62. The highest BCUT2D eigenvalue weighted by Crippen LogP contribution is 2.20. The number of aryl methyl sites for hydroxylation is 1. The smallest absolute Gasteiger partial charge is 0.123 e. The van der Waals surface area contributed by atoms with Gasteiger partial charge in [0, 0.05) is 24.5 Å². The lowest BCUT2D eigenvalue weighted by atomic mass is 10.1. The standard InChI is InChI=1S/C17H22FN3S.ClH/c1-13-17(22-12-20-13)11-21(10-15-5-6-19-8-15)9-14-3-2-4-16(18)7-14;/h2-4,7,12,15,19H,5-6,8-11H2,1H3;1H. The Kier molecular flexibility index (Phi) is 6.96. The minimum absolute atomic E-state index is 0. The first-order valence-corrected chi connectivity index (χ1v) is 8.65. The molecule has 0 bridgehead atoms. The molecule has 3 nitrogen and oxygen atoms in total. The highest BCUT2D eigenvalue weighted by molar-refractivity contribution is 7.09. The van der Waals surface area contributed by atoms with Gasteiger partial charge in [-0.05, 0) is 50.0 Å². The molecule has 2 aromatic rings. The molecule has 0 saturated carbocycles. The minimum atomic E-state index is -0.158. The SMILES string of the molecule is Cc1ncsc1CN(Cc1cccc(F)c1)CC1CCNC1.Cl. The number of halogens is 2. The van der Waals surface area contributed by atoms with Gasteiger partial charge in [0.25, 0.3) is 0 Å². The van der Waals surface area contributed by atoms with Crippen LogP contribution in [-0.4, -0.2) is 29.5 Å². The number of nitrogens with one attached hydrogen (secondary N) is 1. The normalized spacial score (nSPS) is 17.4. The molecule has 1 aromatic carbocycles. The van der Waals surface area contributed by atoms with Crippen LogP contribution < -0.4 is 5.32 Å². The van der Waals surface area contributed by atoms with Crippen LogP contribution in [0.5, 0.6) is 0 Å². The fourth-order valence-electron chi connectivity index (χ4n) is 3.00. The summed E-state index contributed by atoms with van der Waals surface area (Å²) in [5.74, 6) is 0.524. The molecule has 126 valence electrons. The average Bonchev–Trinajstić information content (AvgIpc) is 3.12. The van der Waals surface area contributed by atoms with Crippen molar-refractivity contribution in [1.29, 1.82) is 0 Å². The van der Waals surface area contributed by atoms with E-state index in [1.165, 1.54) is 17.4 Å². The Morgan fingerprint density at radius 1 is 1.39 bits per heavy atom. The van der Waals surface area contributed by atoms with Crippen LogP contribution in [0.25, 0.3) is 0 Å². The molecule has 1 atom stereocenters. The maximum atomic E-state index is 13.4. The second-order valence-corrected chi connectivity index (χ2v) is 6.96. The molecule has 23 heavy (non-hydrogen) atoms. The first-order chi connectivity index (χ1) is 10.7. The Balaban J connectivity index is 0.00000192. The third-order valence-corrected chi connectivity index (χ3v) is 5.11. The van der Waals surface area contributed by atoms with Gasteiger partial charge in [-0.25, -0.2) is 9.37 Å². The van der Waals surface area contributed by atoms with E-state index in [9.17, 15) is 4.39 Å². The van der Waals surface area contributed by atoms with Gasteiger partial charge >= 0.3 is 0 Å². The largest absolute Gasteiger partial charge is 0.316 e. The first kappa shape index (κ1) is 18.3. The zero-order valence-electron chi connectivity index (χ0n) is 13.3. The summed E-state index contributed by atoms with van der Waals surface area (Å²) in [4.78, 5) is 8.07. The Morgan fingerprint density at radius 3 is 2.91 bits per heavy atom. The van der Waals surface area contributed by atoms with E-state index in [-0.39, 0.29) is 18.2 Å². The summed E-state index contributed by atoms with van der Waals surface area (Å²) in [7, 11) is 0. The van der Waals surface area contributed by atoms with Gasteiger partial charge < -0.3 is 5.32 Å². The Labute approximate surface area is 147 Å². The van der Waals surface area contributed by atoms with Gasteiger partial charge in [0.15, 0.2) is 0 Å². The van der Waals surface area contributed by atoms with Crippen LogP contribution in [0.3, 0.4) is 0 Å². The third-order valence-electron chi connectivity index (χ3n) is 4.19. The number of nitrogens with zero attached hydrogens (tertiary/aromatic N) is 2. The van der Waals surface area contributed by atoms with Crippen LogP contribution in [0.15, 0.2) is 29.8 Å². The molecular weight excluding hydrogens is 333 g/mol. The van der Waals surface area contributed by atoms with Gasteiger partial charge in [-0.1, -0.05) is 12.1 Å². The van der Waals surface area contributed by atoms with Crippen molar-refractivity contribution in [1.82, 2.24) is 15.2 Å². The third kappa shape index (κ3) is 5.24. The van der Waals surface area contributed by atoms with Crippen molar-refractivity contribution >= 4 is 23.7 Å². The zero-order valence-corrected chi connectivity index (χ0v) is 14.9. The molecule has 2 heterocycles. The molecule has 1 aromatic heterocycles. The van der Waals surface area contributed by atoms with Gasteiger partial charge in [0.1, 0.15) is 5.82 Å². The van der Waals surface area contributed by atoms with E-state index >= 15 is 0 Å². The fourth-order valence-corrected chi connectivity index (χ4v) is 3.81. The highest BCUT2D eigenvalue weighted by atomic mass is 35.5. The van der Waals surface area contributed by atoms with Crippen molar-refractivity contribution in [3.63, 3.8) is 0 Å². The van der Waals surface area contributed by atoms with Gasteiger partial charge in [-0.2, -0.15) is 0 Å². The molecule has 3 rings (SSSR count). The van der Waals surface area contributed by atoms with E-state index in [2.05, 4.69) is 22.1 Å². The summed E-state index contributed by atoms with van der Waals surface area (Å²) in [6, 6.07) is 6.93. The van der Waals surface area contributed by atoms with Gasteiger partial charge in [0.05, 0.1) is 11.2 Å². The van der Waals surface area contributed by atoms with Crippen LogP contribution in [0.1, 0.15) is 22.6 Å². The van der Waals surface area contributed by atoms with Crippen molar-refractivity contribution in [2.24, 2.45) is 5.92 Å². The summed E-state index contributed by atoms with van der Waals surface area (Å²) < 4.78 is 13.4. The predicted molar refractivity (Wildman–Crippen MR) is 95.6 cm³/mol. The van der Waals surface area contributed by atoms with Crippen molar-refractivity contribution in [2.75, 3.05) is 19.6 Å². The number of benzene rings is 1. The number of thiazole rings is 1. The number of aromatic nitrogens is 1. The summed E-state index contributed by atoms with van der Waals surface area (Å²) >= 11 is 1.71. The van der Waals surface area contributed by atoms with Gasteiger partial charge in [-0.15, -0.1) is 23.7 Å². The van der Waals surface area contributed by atoms with E-state index in [1.807, 2.05) is 11.6 Å².